The molecule has 0 amide bonds. The van der Waals surface area contributed by atoms with Crippen LogP contribution < -0.4 is 5.32 Å². The van der Waals surface area contributed by atoms with Gasteiger partial charge < -0.3 is 10.1 Å². The number of hydrogen-bond acceptors (Lipinski definition) is 3. The lowest BCUT2D eigenvalue weighted by molar-refractivity contribution is -0.0377. The van der Waals surface area contributed by atoms with Crippen LogP contribution in [0.4, 0.5) is 0 Å². The van der Waals surface area contributed by atoms with Crippen molar-refractivity contribution < 1.29 is 4.74 Å². The van der Waals surface area contributed by atoms with Gasteiger partial charge in [-0.1, -0.05) is 6.92 Å². The molecule has 1 aliphatic carbocycles. The lowest BCUT2D eigenvalue weighted by atomic mass is 9.89. The molecule has 0 bridgehead atoms. The molecular formula is C15H30N2O. The Morgan fingerprint density at radius 2 is 2.06 bits per heavy atom. The van der Waals surface area contributed by atoms with Gasteiger partial charge in [-0.15, -0.1) is 0 Å². The molecule has 2 aliphatic rings. The zero-order chi connectivity index (χ0) is 13.4. The van der Waals surface area contributed by atoms with Crippen LogP contribution in [0.3, 0.4) is 0 Å². The minimum absolute atomic E-state index is 0.0464. The van der Waals surface area contributed by atoms with E-state index in [0.717, 1.165) is 19.0 Å². The molecule has 0 aromatic heterocycles. The van der Waals surface area contributed by atoms with Gasteiger partial charge in [0.25, 0.3) is 0 Å². The van der Waals surface area contributed by atoms with Crippen molar-refractivity contribution in [2.75, 3.05) is 26.7 Å². The van der Waals surface area contributed by atoms with Gasteiger partial charge in [0.15, 0.2) is 0 Å². The fourth-order valence-corrected chi connectivity index (χ4v) is 3.22. The van der Waals surface area contributed by atoms with Crippen LogP contribution in [0.5, 0.6) is 0 Å². The fraction of sp³-hybridized carbons (Fsp3) is 1.00. The van der Waals surface area contributed by atoms with Crippen molar-refractivity contribution in [1.82, 2.24) is 10.2 Å². The average Bonchev–Trinajstić information content (AvgIpc) is 3.13. The molecule has 1 aliphatic heterocycles. The maximum Gasteiger partial charge on any atom is 0.0749 e. The first-order valence-corrected chi connectivity index (χ1v) is 7.44. The maximum atomic E-state index is 5.62. The molecule has 1 heterocycles. The number of rotatable bonds is 5. The van der Waals surface area contributed by atoms with E-state index in [1.807, 2.05) is 7.11 Å². The molecule has 3 heteroatoms. The van der Waals surface area contributed by atoms with Crippen LogP contribution in [0, 0.1) is 5.92 Å². The van der Waals surface area contributed by atoms with Gasteiger partial charge in [0.1, 0.15) is 0 Å². The van der Waals surface area contributed by atoms with E-state index in [9.17, 15) is 0 Å². The monoisotopic (exact) mass is 254 g/mol. The van der Waals surface area contributed by atoms with Crippen molar-refractivity contribution in [3.05, 3.63) is 0 Å². The molecule has 2 rings (SSSR count). The quantitative estimate of drug-likeness (QED) is 0.814. The number of nitrogens with one attached hydrogen (secondary N) is 1. The van der Waals surface area contributed by atoms with Crippen molar-refractivity contribution in [2.45, 2.75) is 64.1 Å². The largest absolute Gasteiger partial charge is 0.377 e. The molecule has 1 saturated carbocycles. The molecule has 0 radical (unpaired) electrons. The molecule has 1 saturated heterocycles. The summed E-state index contributed by atoms with van der Waals surface area (Å²) in [7, 11) is 1.82. The van der Waals surface area contributed by atoms with Crippen LogP contribution in [-0.4, -0.2) is 48.8 Å². The maximum absolute atomic E-state index is 5.62. The highest BCUT2D eigenvalue weighted by molar-refractivity contribution is 5.04. The Hall–Kier alpha value is -0.120. The highest BCUT2D eigenvalue weighted by Crippen LogP contribution is 2.41. The molecule has 1 N–H and O–H groups in total. The summed E-state index contributed by atoms with van der Waals surface area (Å²) in [5.74, 6) is 0.892. The van der Waals surface area contributed by atoms with Gasteiger partial charge in [-0.3, -0.25) is 4.90 Å². The number of nitrogens with zero attached hydrogens (tertiary/aromatic N) is 1. The van der Waals surface area contributed by atoms with Crippen molar-refractivity contribution >= 4 is 0 Å². The predicted molar refractivity (Wildman–Crippen MR) is 75.9 cm³/mol. The smallest absolute Gasteiger partial charge is 0.0749 e. The standard InChI is InChI=1S/C15H30N2O/c1-6-13-9-16-15(4,12-7-8-12)11-17(13)10-14(2,3)18-5/h12-13,16H,6-11H2,1-5H3. The Kier molecular flexibility index (Phi) is 4.05. The zero-order valence-corrected chi connectivity index (χ0v) is 12.8. The van der Waals surface area contributed by atoms with Gasteiger partial charge in [0.05, 0.1) is 5.60 Å². The van der Waals surface area contributed by atoms with Crippen LogP contribution in [0.15, 0.2) is 0 Å². The second kappa shape index (κ2) is 5.10. The Morgan fingerprint density at radius 3 is 2.56 bits per heavy atom. The molecule has 0 spiro atoms. The Morgan fingerprint density at radius 1 is 1.39 bits per heavy atom. The van der Waals surface area contributed by atoms with Crippen LogP contribution in [0.25, 0.3) is 0 Å². The predicted octanol–water partition coefficient (Wildman–Crippen LogP) is 2.26. The number of methoxy groups -OCH3 is 1. The number of ether oxygens (including phenoxy) is 1. The topological polar surface area (TPSA) is 24.5 Å². The summed E-state index contributed by atoms with van der Waals surface area (Å²) in [6, 6.07) is 0.659. The molecule has 2 fully saturated rings. The SMILES string of the molecule is CCC1CNC(C)(C2CC2)CN1CC(C)(C)OC. The minimum Gasteiger partial charge on any atom is -0.377 e. The van der Waals surface area contributed by atoms with E-state index >= 15 is 0 Å². The molecule has 3 nitrogen and oxygen atoms in total. The van der Waals surface area contributed by atoms with Crippen molar-refractivity contribution in [3.63, 3.8) is 0 Å². The Labute approximate surface area is 112 Å². The van der Waals surface area contributed by atoms with E-state index in [1.165, 1.54) is 25.8 Å². The van der Waals surface area contributed by atoms with Crippen LogP contribution >= 0.6 is 0 Å². The third-order valence-electron chi connectivity index (χ3n) is 4.88. The average molecular weight is 254 g/mol. The first-order chi connectivity index (χ1) is 8.40. The molecular weight excluding hydrogens is 224 g/mol. The Bertz CT molecular complexity index is 288. The second-order valence-electron chi connectivity index (χ2n) is 7.00. The van der Waals surface area contributed by atoms with Gasteiger partial charge in [-0.2, -0.15) is 0 Å². The highest BCUT2D eigenvalue weighted by atomic mass is 16.5. The normalized spacial score (nSPS) is 34.8. The molecule has 0 aromatic rings. The molecule has 18 heavy (non-hydrogen) atoms. The summed E-state index contributed by atoms with van der Waals surface area (Å²) in [4.78, 5) is 2.65. The summed E-state index contributed by atoms with van der Waals surface area (Å²) in [6.45, 7) is 12.4. The van der Waals surface area contributed by atoms with Gasteiger partial charge in [-0.05, 0) is 46.0 Å². The van der Waals surface area contributed by atoms with Crippen LogP contribution in [0.1, 0.15) is 47.0 Å². The summed E-state index contributed by atoms with van der Waals surface area (Å²) in [5.41, 5.74) is 0.282. The van der Waals surface area contributed by atoms with E-state index in [2.05, 4.69) is 37.9 Å². The van der Waals surface area contributed by atoms with Gasteiger partial charge in [0, 0.05) is 38.3 Å². The van der Waals surface area contributed by atoms with Crippen molar-refractivity contribution in [2.24, 2.45) is 5.92 Å². The number of hydrogen-bond donors (Lipinski definition) is 1. The van der Waals surface area contributed by atoms with Gasteiger partial charge in [0.2, 0.25) is 0 Å². The summed E-state index contributed by atoms with van der Waals surface area (Å²) in [6.07, 6.45) is 4.02. The van der Waals surface area contributed by atoms with Gasteiger partial charge >= 0.3 is 0 Å². The summed E-state index contributed by atoms with van der Waals surface area (Å²) in [5, 5.41) is 3.81. The minimum atomic E-state index is -0.0464. The van der Waals surface area contributed by atoms with E-state index in [0.29, 0.717) is 11.6 Å². The van der Waals surface area contributed by atoms with E-state index in [1.54, 1.807) is 0 Å². The fourth-order valence-electron chi connectivity index (χ4n) is 3.22. The summed E-state index contributed by atoms with van der Waals surface area (Å²) < 4.78 is 5.62. The molecule has 2 unspecified atom stereocenters. The van der Waals surface area contributed by atoms with E-state index in [4.69, 9.17) is 4.74 Å². The summed E-state index contributed by atoms with van der Waals surface area (Å²) >= 11 is 0. The highest BCUT2D eigenvalue weighted by Gasteiger charge is 2.46. The third kappa shape index (κ3) is 3.06. The van der Waals surface area contributed by atoms with Crippen LogP contribution in [-0.2, 0) is 4.74 Å². The molecule has 2 atom stereocenters. The zero-order valence-electron chi connectivity index (χ0n) is 12.8. The third-order valence-corrected chi connectivity index (χ3v) is 4.88. The molecule has 106 valence electrons. The first kappa shape index (κ1) is 14.3. The van der Waals surface area contributed by atoms with E-state index in [-0.39, 0.29) is 5.60 Å². The van der Waals surface area contributed by atoms with Gasteiger partial charge in [-0.25, -0.2) is 0 Å². The second-order valence-corrected chi connectivity index (χ2v) is 7.00. The van der Waals surface area contributed by atoms with Crippen molar-refractivity contribution in [1.29, 1.82) is 0 Å². The molecule has 0 aromatic carbocycles. The lowest BCUT2D eigenvalue weighted by Crippen LogP contribution is -2.65. The first-order valence-electron chi connectivity index (χ1n) is 7.44. The van der Waals surface area contributed by atoms with Crippen LogP contribution in [0.2, 0.25) is 0 Å². The number of piperazine rings is 1. The lowest BCUT2D eigenvalue weighted by Gasteiger charge is -2.48. The Balaban J connectivity index is 2.03. The van der Waals surface area contributed by atoms with E-state index < -0.39 is 0 Å². The van der Waals surface area contributed by atoms with Crippen molar-refractivity contribution in [3.8, 4) is 0 Å².